The van der Waals surface area contributed by atoms with Crippen molar-refractivity contribution in [3.63, 3.8) is 0 Å². The maximum Gasteiger partial charge on any atom is 0.312 e. The summed E-state index contributed by atoms with van der Waals surface area (Å²) < 4.78 is 7.69. The highest BCUT2D eigenvalue weighted by Crippen LogP contribution is 2.43. The molecule has 8 nitrogen and oxygen atoms in total. The number of anilines is 1. The van der Waals surface area contributed by atoms with E-state index in [0.29, 0.717) is 11.6 Å². The molecule has 0 N–H and O–H groups in total. The molecular formula is C19H26N6O2. The normalized spacial score (nSPS) is 25.6. The van der Waals surface area contributed by atoms with Crippen LogP contribution in [0.5, 0.6) is 0 Å². The first-order valence-electron chi connectivity index (χ1n) is 9.95. The summed E-state index contributed by atoms with van der Waals surface area (Å²) >= 11 is 0. The second-order valence-corrected chi connectivity index (χ2v) is 8.24. The van der Waals surface area contributed by atoms with Crippen LogP contribution in [0.2, 0.25) is 0 Å². The fourth-order valence-corrected chi connectivity index (χ4v) is 4.79. The van der Waals surface area contributed by atoms with Gasteiger partial charge in [0.15, 0.2) is 5.65 Å². The molecule has 1 atom stereocenters. The van der Waals surface area contributed by atoms with E-state index in [1.807, 2.05) is 17.8 Å². The highest BCUT2D eigenvalue weighted by Gasteiger charge is 2.50. The summed E-state index contributed by atoms with van der Waals surface area (Å²) in [7, 11) is 1.94. The number of piperidine rings is 1. The van der Waals surface area contributed by atoms with Gasteiger partial charge in [-0.15, -0.1) is 0 Å². The van der Waals surface area contributed by atoms with Gasteiger partial charge >= 0.3 is 5.97 Å². The number of aryl methyl sites for hydroxylation is 1. The van der Waals surface area contributed by atoms with Crippen LogP contribution in [0.15, 0.2) is 12.5 Å². The molecule has 3 aliphatic heterocycles. The number of carbonyl (C=O) groups excluding carboxylic acids is 1. The van der Waals surface area contributed by atoms with E-state index in [1.54, 1.807) is 6.33 Å². The molecule has 27 heavy (non-hydrogen) atoms. The first-order chi connectivity index (χ1) is 13.1. The number of nitrogens with zero attached hydrogens (tertiary/aromatic N) is 6. The van der Waals surface area contributed by atoms with Crippen LogP contribution in [-0.2, 0) is 16.6 Å². The first kappa shape index (κ1) is 16.9. The van der Waals surface area contributed by atoms with E-state index in [-0.39, 0.29) is 17.5 Å². The van der Waals surface area contributed by atoms with Crippen LogP contribution < -0.4 is 4.90 Å². The zero-order valence-electron chi connectivity index (χ0n) is 15.8. The van der Waals surface area contributed by atoms with E-state index in [2.05, 4.69) is 24.8 Å². The lowest BCUT2D eigenvalue weighted by Crippen LogP contribution is -2.43. The van der Waals surface area contributed by atoms with E-state index < -0.39 is 0 Å². The van der Waals surface area contributed by atoms with Crippen LogP contribution >= 0.6 is 0 Å². The van der Waals surface area contributed by atoms with Crippen molar-refractivity contribution in [2.45, 2.75) is 38.2 Å². The Labute approximate surface area is 158 Å². The number of imidazole rings is 1. The van der Waals surface area contributed by atoms with Crippen LogP contribution in [0.25, 0.3) is 11.2 Å². The molecular weight excluding hydrogens is 344 g/mol. The number of fused-ring (bicyclic) bond motifs is 1. The summed E-state index contributed by atoms with van der Waals surface area (Å²) in [6, 6.07) is 0. The third kappa shape index (κ3) is 2.96. The van der Waals surface area contributed by atoms with Crippen molar-refractivity contribution in [3.05, 3.63) is 12.5 Å². The molecule has 3 saturated heterocycles. The van der Waals surface area contributed by atoms with Gasteiger partial charge in [0.2, 0.25) is 5.95 Å². The standard InChI is InChI=1S/C19H26N6O2/c1-23-13-21-16-15(23)11-20-18(22-16)25-8-4-19(5-9-25)10-14(27-17(19)26)12-24-6-2-3-7-24/h11,13-14H,2-10,12H2,1H3. The second-order valence-electron chi connectivity index (χ2n) is 8.24. The van der Waals surface area contributed by atoms with E-state index in [4.69, 9.17) is 4.74 Å². The van der Waals surface area contributed by atoms with Crippen molar-refractivity contribution < 1.29 is 9.53 Å². The highest BCUT2D eigenvalue weighted by molar-refractivity contribution is 5.79. The molecule has 0 aliphatic carbocycles. The number of carbonyl (C=O) groups is 1. The maximum atomic E-state index is 12.7. The number of hydrogen-bond donors (Lipinski definition) is 0. The molecule has 2 aromatic rings. The SMILES string of the molecule is Cn1cnc2nc(N3CCC4(CC3)CC(CN3CCCC3)OC4=O)ncc21. The molecule has 1 unspecified atom stereocenters. The van der Waals surface area contributed by atoms with Crippen molar-refractivity contribution in [3.8, 4) is 0 Å². The van der Waals surface area contributed by atoms with Crippen LogP contribution in [0.4, 0.5) is 5.95 Å². The molecule has 1 spiro atoms. The molecule has 2 aromatic heterocycles. The summed E-state index contributed by atoms with van der Waals surface area (Å²) in [4.78, 5) is 30.7. The van der Waals surface area contributed by atoms with Crippen molar-refractivity contribution in [1.29, 1.82) is 0 Å². The first-order valence-corrected chi connectivity index (χ1v) is 9.95. The summed E-state index contributed by atoms with van der Waals surface area (Å²) in [6.45, 7) is 4.74. The second kappa shape index (κ2) is 6.44. The highest BCUT2D eigenvalue weighted by atomic mass is 16.6. The van der Waals surface area contributed by atoms with Gasteiger partial charge in [0.05, 0.1) is 17.9 Å². The number of esters is 1. The zero-order chi connectivity index (χ0) is 18.4. The van der Waals surface area contributed by atoms with Gasteiger partial charge in [-0.3, -0.25) is 9.69 Å². The Kier molecular flexibility index (Phi) is 4.03. The van der Waals surface area contributed by atoms with Crippen molar-refractivity contribution >= 4 is 23.1 Å². The maximum absolute atomic E-state index is 12.7. The Morgan fingerprint density at radius 3 is 2.74 bits per heavy atom. The molecule has 0 amide bonds. The lowest BCUT2D eigenvalue weighted by molar-refractivity contribution is -0.150. The fraction of sp³-hybridized carbons (Fsp3) is 0.684. The molecule has 5 heterocycles. The number of cyclic esters (lactones) is 1. The Hall–Kier alpha value is -2.22. The third-order valence-electron chi connectivity index (χ3n) is 6.46. The molecule has 3 aliphatic rings. The van der Waals surface area contributed by atoms with Crippen molar-refractivity contribution in [2.75, 3.05) is 37.6 Å². The van der Waals surface area contributed by atoms with E-state index >= 15 is 0 Å². The minimum Gasteiger partial charge on any atom is -0.461 e. The Morgan fingerprint density at radius 2 is 1.96 bits per heavy atom. The molecule has 0 radical (unpaired) electrons. The summed E-state index contributed by atoms with van der Waals surface area (Å²) in [6.07, 6.45) is 8.65. The molecule has 0 bridgehead atoms. The molecule has 0 saturated carbocycles. The predicted molar refractivity (Wildman–Crippen MR) is 100 cm³/mol. The third-order valence-corrected chi connectivity index (χ3v) is 6.46. The van der Waals surface area contributed by atoms with Gasteiger partial charge in [0, 0.05) is 33.1 Å². The molecule has 144 valence electrons. The minimum absolute atomic E-state index is 0.00689. The number of ether oxygens (including phenoxy) is 1. The van der Waals surface area contributed by atoms with Crippen LogP contribution in [0, 0.1) is 5.41 Å². The lowest BCUT2D eigenvalue weighted by atomic mass is 9.76. The molecule has 8 heteroatoms. The quantitative estimate of drug-likeness (QED) is 0.755. The van der Waals surface area contributed by atoms with Crippen LogP contribution in [-0.4, -0.2) is 69.2 Å². The largest absolute Gasteiger partial charge is 0.461 e. The molecule has 5 rings (SSSR count). The lowest BCUT2D eigenvalue weighted by Gasteiger charge is -2.36. The fourth-order valence-electron chi connectivity index (χ4n) is 4.79. The molecule has 0 aromatic carbocycles. The Morgan fingerprint density at radius 1 is 1.19 bits per heavy atom. The van der Waals surface area contributed by atoms with Gasteiger partial charge < -0.3 is 14.2 Å². The Bertz CT molecular complexity index is 851. The zero-order valence-corrected chi connectivity index (χ0v) is 15.8. The van der Waals surface area contributed by atoms with Gasteiger partial charge in [-0.1, -0.05) is 0 Å². The summed E-state index contributed by atoms with van der Waals surface area (Å²) in [5.74, 6) is 0.712. The molecule has 3 fully saturated rings. The number of hydrogen-bond acceptors (Lipinski definition) is 7. The van der Waals surface area contributed by atoms with Gasteiger partial charge in [-0.25, -0.2) is 9.97 Å². The van der Waals surface area contributed by atoms with Gasteiger partial charge in [-0.05, 0) is 38.8 Å². The van der Waals surface area contributed by atoms with Crippen LogP contribution in [0.3, 0.4) is 0 Å². The monoisotopic (exact) mass is 370 g/mol. The topological polar surface area (TPSA) is 76.4 Å². The average molecular weight is 370 g/mol. The summed E-state index contributed by atoms with van der Waals surface area (Å²) in [5, 5.41) is 0. The van der Waals surface area contributed by atoms with E-state index in [1.165, 1.54) is 12.8 Å². The smallest absolute Gasteiger partial charge is 0.312 e. The predicted octanol–water partition coefficient (Wildman–Crippen LogP) is 1.36. The number of aromatic nitrogens is 4. The van der Waals surface area contributed by atoms with Crippen molar-refractivity contribution in [1.82, 2.24) is 24.4 Å². The van der Waals surface area contributed by atoms with E-state index in [9.17, 15) is 4.79 Å². The minimum atomic E-state index is -0.310. The van der Waals surface area contributed by atoms with Crippen molar-refractivity contribution in [2.24, 2.45) is 12.5 Å². The Balaban J connectivity index is 1.25. The number of rotatable bonds is 3. The van der Waals surface area contributed by atoms with Crippen LogP contribution in [0.1, 0.15) is 32.1 Å². The average Bonchev–Trinajstić information content (AvgIpc) is 3.38. The van der Waals surface area contributed by atoms with E-state index in [0.717, 1.165) is 57.5 Å². The number of likely N-dealkylation sites (tertiary alicyclic amines) is 1. The summed E-state index contributed by atoms with van der Waals surface area (Å²) in [5.41, 5.74) is 1.33. The van der Waals surface area contributed by atoms with Gasteiger partial charge in [-0.2, -0.15) is 4.98 Å². The van der Waals surface area contributed by atoms with Gasteiger partial charge in [0.1, 0.15) is 11.6 Å². The van der Waals surface area contributed by atoms with Gasteiger partial charge in [0.25, 0.3) is 0 Å².